The van der Waals surface area contributed by atoms with Crippen LogP contribution in [0.1, 0.15) is 39.0 Å². The maximum absolute atomic E-state index is 12.0. The maximum atomic E-state index is 12.0. The average Bonchev–Trinajstić information content (AvgIpc) is 2.29. The van der Waals surface area contributed by atoms with E-state index in [1.807, 2.05) is 0 Å². The molecule has 0 bridgehead atoms. The molecule has 1 saturated carbocycles. The molecule has 1 heterocycles. The Balaban J connectivity index is 1.92. The van der Waals surface area contributed by atoms with Crippen LogP contribution in [0.3, 0.4) is 0 Å². The highest BCUT2D eigenvalue weighted by Crippen LogP contribution is 2.29. The summed E-state index contributed by atoms with van der Waals surface area (Å²) in [5.41, 5.74) is 0. The summed E-state index contributed by atoms with van der Waals surface area (Å²) in [6.45, 7) is 2.24. The van der Waals surface area contributed by atoms with Gasteiger partial charge >= 0.3 is 6.16 Å². The minimum Gasteiger partial charge on any atom is -0.434 e. The molecule has 0 amide bonds. The van der Waals surface area contributed by atoms with Crippen LogP contribution in [0.5, 0.6) is 0 Å². The van der Waals surface area contributed by atoms with Crippen LogP contribution in [-0.2, 0) is 23.8 Å². The lowest BCUT2D eigenvalue weighted by atomic mass is 9.91. The highest BCUT2D eigenvalue weighted by molar-refractivity contribution is 7.87. The Kier molecular flexibility index (Phi) is 4.11. The van der Waals surface area contributed by atoms with Crippen molar-refractivity contribution in [2.75, 3.05) is 6.61 Å². The van der Waals surface area contributed by atoms with Crippen LogP contribution in [0.15, 0.2) is 0 Å². The highest BCUT2D eigenvalue weighted by Gasteiger charge is 2.35. The summed E-state index contributed by atoms with van der Waals surface area (Å²) in [4.78, 5) is 10.9. The van der Waals surface area contributed by atoms with Crippen molar-refractivity contribution in [3.63, 3.8) is 0 Å². The average molecular weight is 278 g/mol. The Hall–Kier alpha value is -0.820. The zero-order valence-corrected chi connectivity index (χ0v) is 11.1. The maximum Gasteiger partial charge on any atom is 0.510 e. The second-order valence-corrected chi connectivity index (χ2v) is 6.75. The fourth-order valence-corrected chi connectivity index (χ4v) is 3.69. The molecule has 2 fully saturated rings. The van der Waals surface area contributed by atoms with E-state index >= 15 is 0 Å². The summed E-state index contributed by atoms with van der Waals surface area (Å²) < 4.78 is 38.2. The fraction of sp³-hybridized carbons (Fsp3) is 0.909. The molecular weight excluding hydrogens is 260 g/mol. The lowest BCUT2D eigenvalue weighted by molar-refractivity contribution is -0.103. The van der Waals surface area contributed by atoms with E-state index in [0.717, 1.165) is 12.8 Å². The molecule has 2 rings (SSSR count). The van der Waals surface area contributed by atoms with Gasteiger partial charge in [-0.3, -0.25) is 0 Å². The minimum atomic E-state index is -3.66. The molecule has 1 saturated heterocycles. The number of hydrogen-bond donors (Lipinski definition) is 0. The van der Waals surface area contributed by atoms with Crippen LogP contribution in [0.4, 0.5) is 4.79 Å². The van der Waals surface area contributed by atoms with Gasteiger partial charge in [0.2, 0.25) is 6.29 Å². The molecule has 1 aliphatic carbocycles. The van der Waals surface area contributed by atoms with Gasteiger partial charge in [-0.25, -0.2) is 8.98 Å². The molecule has 1 unspecified atom stereocenters. The van der Waals surface area contributed by atoms with Crippen molar-refractivity contribution < 1.29 is 26.9 Å². The second kappa shape index (κ2) is 5.44. The predicted octanol–water partition coefficient (Wildman–Crippen LogP) is 1.79. The molecule has 104 valence electrons. The van der Waals surface area contributed by atoms with Gasteiger partial charge in [-0.15, -0.1) is 0 Å². The predicted molar refractivity (Wildman–Crippen MR) is 62.3 cm³/mol. The van der Waals surface area contributed by atoms with E-state index in [0.29, 0.717) is 18.8 Å². The first kappa shape index (κ1) is 13.6. The lowest BCUT2D eigenvalue weighted by Gasteiger charge is -2.28. The topological polar surface area (TPSA) is 78.9 Å². The zero-order valence-electron chi connectivity index (χ0n) is 10.3. The molecule has 7 heteroatoms. The fourth-order valence-electron chi connectivity index (χ4n) is 2.25. The van der Waals surface area contributed by atoms with Gasteiger partial charge in [0.15, 0.2) is 0 Å². The third-order valence-corrected chi connectivity index (χ3v) is 5.18. The van der Waals surface area contributed by atoms with Crippen molar-refractivity contribution in [1.29, 1.82) is 0 Å². The normalized spacial score (nSPS) is 33.6. The Morgan fingerprint density at radius 1 is 1.17 bits per heavy atom. The van der Waals surface area contributed by atoms with Gasteiger partial charge in [-0.05, 0) is 31.6 Å². The van der Waals surface area contributed by atoms with Crippen molar-refractivity contribution in [1.82, 2.24) is 0 Å². The van der Waals surface area contributed by atoms with Gasteiger partial charge in [0.1, 0.15) is 6.61 Å². The number of rotatable bonds is 3. The van der Waals surface area contributed by atoms with Crippen LogP contribution in [-0.4, -0.2) is 32.7 Å². The third-order valence-electron chi connectivity index (χ3n) is 3.41. The summed E-state index contributed by atoms with van der Waals surface area (Å²) in [6.07, 6.45) is 1.34. The zero-order chi connectivity index (χ0) is 13.2. The SMILES string of the molecule is CC1CCC(S(=O)(=O)OC2CCOC(=O)O2)CC1. The quantitative estimate of drug-likeness (QED) is 0.578. The van der Waals surface area contributed by atoms with Crippen molar-refractivity contribution in [3.05, 3.63) is 0 Å². The molecule has 6 nitrogen and oxygen atoms in total. The first-order valence-corrected chi connectivity index (χ1v) is 7.70. The largest absolute Gasteiger partial charge is 0.510 e. The monoisotopic (exact) mass is 278 g/mol. The van der Waals surface area contributed by atoms with Gasteiger partial charge < -0.3 is 9.47 Å². The summed E-state index contributed by atoms with van der Waals surface area (Å²) >= 11 is 0. The Morgan fingerprint density at radius 3 is 2.44 bits per heavy atom. The minimum absolute atomic E-state index is 0.126. The molecule has 1 atom stereocenters. The molecule has 2 aliphatic rings. The first-order chi connectivity index (χ1) is 8.47. The van der Waals surface area contributed by atoms with Gasteiger partial charge in [-0.2, -0.15) is 8.42 Å². The molecule has 0 aromatic carbocycles. The second-order valence-electron chi connectivity index (χ2n) is 4.91. The summed E-state index contributed by atoms with van der Waals surface area (Å²) in [6, 6.07) is 0. The summed E-state index contributed by atoms with van der Waals surface area (Å²) in [5, 5.41) is -0.477. The van der Waals surface area contributed by atoms with Crippen molar-refractivity contribution in [3.8, 4) is 0 Å². The molecule has 1 aliphatic heterocycles. The summed E-state index contributed by atoms with van der Waals surface area (Å²) in [7, 11) is -3.66. The van der Waals surface area contributed by atoms with Crippen LogP contribution >= 0.6 is 0 Å². The Labute approximate surface area is 107 Å². The van der Waals surface area contributed by atoms with Gasteiger partial charge in [-0.1, -0.05) is 6.92 Å². The van der Waals surface area contributed by atoms with Gasteiger partial charge in [0.25, 0.3) is 10.1 Å². The number of carbonyl (C=O) groups is 1. The van der Waals surface area contributed by atoms with Crippen molar-refractivity contribution >= 4 is 16.3 Å². The van der Waals surface area contributed by atoms with Crippen LogP contribution < -0.4 is 0 Å². The molecular formula is C11H18O6S. The number of hydrogen-bond acceptors (Lipinski definition) is 6. The standard InChI is InChI=1S/C11H18O6S/c1-8-2-4-9(5-3-8)18(13,14)17-10-6-7-15-11(12)16-10/h8-10H,2-7H2,1H3. The Bertz CT molecular complexity index is 396. The lowest BCUT2D eigenvalue weighted by Crippen LogP contribution is -2.36. The third kappa shape index (κ3) is 3.35. The summed E-state index contributed by atoms with van der Waals surface area (Å²) in [5.74, 6) is 0.567. The number of carbonyl (C=O) groups excluding carboxylic acids is 1. The highest BCUT2D eigenvalue weighted by atomic mass is 32.2. The van der Waals surface area contributed by atoms with E-state index in [1.165, 1.54) is 0 Å². The van der Waals surface area contributed by atoms with E-state index < -0.39 is 27.8 Å². The van der Waals surface area contributed by atoms with Crippen LogP contribution in [0, 0.1) is 5.92 Å². The van der Waals surface area contributed by atoms with E-state index in [2.05, 4.69) is 16.4 Å². The first-order valence-electron chi connectivity index (χ1n) is 6.23. The smallest absolute Gasteiger partial charge is 0.434 e. The number of cyclic esters (lactones) is 2. The van der Waals surface area contributed by atoms with E-state index in [1.54, 1.807) is 0 Å². The van der Waals surface area contributed by atoms with Crippen molar-refractivity contribution in [2.24, 2.45) is 5.92 Å². The van der Waals surface area contributed by atoms with E-state index in [-0.39, 0.29) is 13.0 Å². The van der Waals surface area contributed by atoms with E-state index in [4.69, 9.17) is 4.18 Å². The molecule has 18 heavy (non-hydrogen) atoms. The van der Waals surface area contributed by atoms with E-state index in [9.17, 15) is 13.2 Å². The molecule has 0 radical (unpaired) electrons. The van der Waals surface area contributed by atoms with Crippen LogP contribution in [0.2, 0.25) is 0 Å². The number of ether oxygens (including phenoxy) is 2. The van der Waals surface area contributed by atoms with Crippen LogP contribution in [0.25, 0.3) is 0 Å². The molecule has 0 N–H and O–H groups in total. The molecule has 0 aromatic heterocycles. The Morgan fingerprint density at radius 2 is 1.83 bits per heavy atom. The molecule has 0 aromatic rings. The van der Waals surface area contributed by atoms with Gasteiger partial charge in [0, 0.05) is 6.42 Å². The van der Waals surface area contributed by atoms with Crippen molar-refractivity contribution in [2.45, 2.75) is 50.6 Å². The molecule has 0 spiro atoms. The van der Waals surface area contributed by atoms with Gasteiger partial charge in [0.05, 0.1) is 5.25 Å².